The van der Waals surface area contributed by atoms with Crippen LogP contribution in [-0.4, -0.2) is 28.6 Å². The van der Waals surface area contributed by atoms with Crippen LogP contribution in [0.1, 0.15) is 78.6 Å². The van der Waals surface area contributed by atoms with Crippen LogP contribution in [-0.2, 0) is 0 Å². The fourth-order valence-corrected chi connectivity index (χ4v) is 9.68. The molecule has 5 aliphatic rings. The Hall–Kier alpha value is -0.150. The van der Waals surface area contributed by atoms with Gasteiger partial charge < -0.3 is 10.2 Å². The van der Waals surface area contributed by atoms with Gasteiger partial charge in [0.1, 0.15) is 6.67 Å². The maximum atomic E-state index is 13.3. The molecule has 5 rings (SSSR count). The molecule has 2 nitrogen and oxygen atoms in total. The van der Waals surface area contributed by atoms with E-state index in [0.29, 0.717) is 11.3 Å². The van der Waals surface area contributed by atoms with Crippen molar-refractivity contribution in [3.05, 3.63) is 0 Å². The van der Waals surface area contributed by atoms with E-state index in [-0.39, 0.29) is 5.92 Å². The van der Waals surface area contributed by atoms with E-state index in [4.69, 9.17) is 0 Å². The van der Waals surface area contributed by atoms with Crippen molar-refractivity contribution in [2.75, 3.05) is 6.67 Å². The highest BCUT2D eigenvalue weighted by molar-refractivity contribution is 5.18. The van der Waals surface area contributed by atoms with Crippen LogP contribution in [0.15, 0.2) is 0 Å². The van der Waals surface area contributed by atoms with Crippen molar-refractivity contribution < 1.29 is 14.6 Å². The molecule has 12 atom stereocenters. The zero-order valence-corrected chi connectivity index (χ0v) is 18.1. The van der Waals surface area contributed by atoms with Crippen LogP contribution in [0, 0.1) is 58.7 Å². The molecule has 160 valence electrons. The van der Waals surface area contributed by atoms with Gasteiger partial charge in [-0.05, 0) is 116 Å². The van der Waals surface area contributed by atoms with Gasteiger partial charge in [0, 0.05) is 0 Å². The Bertz CT molecular complexity index is 609. The average molecular weight is 393 g/mol. The first-order valence-electron chi connectivity index (χ1n) is 12.3. The molecule has 0 unspecified atom stereocenters. The summed E-state index contributed by atoms with van der Waals surface area (Å²) in [6.07, 6.45) is 10.0. The topological polar surface area (TPSA) is 40.5 Å². The van der Waals surface area contributed by atoms with E-state index >= 15 is 0 Å². The van der Waals surface area contributed by atoms with Gasteiger partial charge in [0.25, 0.3) is 0 Å². The van der Waals surface area contributed by atoms with Gasteiger partial charge in [-0.25, -0.2) is 4.39 Å². The molecule has 0 aromatic heterocycles. The van der Waals surface area contributed by atoms with E-state index < -0.39 is 18.4 Å². The van der Waals surface area contributed by atoms with Crippen LogP contribution < -0.4 is 0 Å². The fourth-order valence-electron chi connectivity index (χ4n) is 9.68. The Kier molecular flexibility index (Phi) is 4.72. The molecule has 2 N–H and O–H groups in total. The second-order valence-electron chi connectivity index (χ2n) is 11.9. The predicted molar refractivity (Wildman–Crippen MR) is 109 cm³/mol. The number of hydrogen-bond donors (Lipinski definition) is 2. The highest BCUT2D eigenvalue weighted by Crippen LogP contribution is 2.76. The van der Waals surface area contributed by atoms with Crippen LogP contribution in [0.25, 0.3) is 0 Å². The Morgan fingerprint density at radius 3 is 2.46 bits per heavy atom. The number of fused-ring (bicyclic) bond motifs is 7. The summed E-state index contributed by atoms with van der Waals surface area (Å²) in [5.41, 5.74) is -0.0782. The largest absolute Gasteiger partial charge is 0.390 e. The number of aliphatic hydroxyl groups is 2. The zero-order chi connectivity index (χ0) is 19.8. The summed E-state index contributed by atoms with van der Waals surface area (Å²) >= 11 is 0. The van der Waals surface area contributed by atoms with E-state index in [1.807, 2.05) is 0 Å². The normalized spacial score (nSPS) is 56.8. The second kappa shape index (κ2) is 6.67. The van der Waals surface area contributed by atoms with E-state index in [0.717, 1.165) is 60.7 Å². The molecule has 28 heavy (non-hydrogen) atoms. The summed E-state index contributed by atoms with van der Waals surface area (Å²) < 4.78 is 13.3. The summed E-state index contributed by atoms with van der Waals surface area (Å²) in [5, 5.41) is 21.2. The lowest BCUT2D eigenvalue weighted by Gasteiger charge is -2.58. The van der Waals surface area contributed by atoms with Gasteiger partial charge in [-0.3, -0.25) is 0 Å². The van der Waals surface area contributed by atoms with Gasteiger partial charge in [0.05, 0.1) is 11.7 Å². The first kappa shape index (κ1) is 19.8. The maximum Gasteiger partial charge on any atom is 0.116 e. The molecule has 0 radical (unpaired) electrons. The molecule has 5 saturated carbocycles. The van der Waals surface area contributed by atoms with Gasteiger partial charge in [-0.15, -0.1) is 0 Å². The molecule has 3 heteroatoms. The lowest BCUT2D eigenvalue weighted by atomic mass is 9.47. The standard InChI is InChI=1S/C25H41FO2/c1-4-25(28)10-8-16-15(12-25)5-6-18-17(16)7-9-24(3)22(14(2)21(27)13-26)19-11-20(19)23(18)24/h14-23,27-28H,4-13H2,1-3H3/t14-,15-,16+,17-,18-,19+,20-,21-,22+,23-,24-,25-/m1/s1. The van der Waals surface area contributed by atoms with Crippen molar-refractivity contribution in [3.8, 4) is 0 Å². The van der Waals surface area contributed by atoms with Gasteiger partial charge in [-0.1, -0.05) is 20.8 Å². The molecular formula is C25H41FO2. The van der Waals surface area contributed by atoms with Crippen LogP contribution in [0.3, 0.4) is 0 Å². The summed E-state index contributed by atoms with van der Waals surface area (Å²) in [5.74, 6) is 6.30. The highest BCUT2D eigenvalue weighted by Gasteiger charge is 2.70. The molecule has 0 amide bonds. The molecule has 0 heterocycles. The zero-order valence-electron chi connectivity index (χ0n) is 18.1. The van der Waals surface area contributed by atoms with Crippen molar-refractivity contribution in [1.29, 1.82) is 0 Å². The van der Waals surface area contributed by atoms with E-state index in [1.165, 1.54) is 38.5 Å². The number of halogens is 1. The summed E-state index contributed by atoms with van der Waals surface area (Å²) in [4.78, 5) is 0. The smallest absolute Gasteiger partial charge is 0.116 e. The molecule has 5 fully saturated rings. The van der Waals surface area contributed by atoms with Crippen LogP contribution >= 0.6 is 0 Å². The minimum atomic E-state index is -0.777. The van der Waals surface area contributed by atoms with Crippen molar-refractivity contribution in [1.82, 2.24) is 0 Å². The summed E-state index contributed by atoms with van der Waals surface area (Å²) in [6.45, 7) is 6.19. The molecule has 0 aromatic rings. The van der Waals surface area contributed by atoms with E-state index in [2.05, 4.69) is 20.8 Å². The Balaban J connectivity index is 1.37. The van der Waals surface area contributed by atoms with Gasteiger partial charge in [0.15, 0.2) is 0 Å². The third-order valence-corrected chi connectivity index (χ3v) is 11.0. The fraction of sp³-hybridized carbons (Fsp3) is 1.00. The highest BCUT2D eigenvalue weighted by atomic mass is 19.1. The predicted octanol–water partition coefficient (Wildman–Crippen LogP) is 5.22. The molecule has 0 bridgehead atoms. The van der Waals surface area contributed by atoms with Gasteiger partial charge in [0.2, 0.25) is 0 Å². The SMILES string of the molecule is CC[C@@]1(O)CC[C@H]2[C@H](CC[C@@H]3[C@@H]2CC[C@@]2(C)[C@H]3[C@@H]3C[C@@H]3[C@@H]2[C@H](C)[C@H](O)CF)C1. The first-order chi connectivity index (χ1) is 13.3. The van der Waals surface area contributed by atoms with E-state index in [9.17, 15) is 14.6 Å². The van der Waals surface area contributed by atoms with Gasteiger partial charge in [-0.2, -0.15) is 0 Å². The summed E-state index contributed by atoms with van der Waals surface area (Å²) in [7, 11) is 0. The van der Waals surface area contributed by atoms with Gasteiger partial charge >= 0.3 is 0 Å². The minimum Gasteiger partial charge on any atom is -0.390 e. The van der Waals surface area contributed by atoms with Crippen molar-refractivity contribution in [2.45, 2.75) is 90.3 Å². The molecule has 0 spiro atoms. The van der Waals surface area contributed by atoms with Crippen molar-refractivity contribution in [3.63, 3.8) is 0 Å². The molecule has 5 aliphatic carbocycles. The third kappa shape index (κ3) is 2.70. The number of alkyl halides is 1. The average Bonchev–Trinajstić information content (AvgIpc) is 3.40. The molecule has 0 aromatic carbocycles. The summed E-state index contributed by atoms with van der Waals surface area (Å²) in [6, 6.07) is 0. The van der Waals surface area contributed by atoms with Crippen LogP contribution in [0.5, 0.6) is 0 Å². The molecular weight excluding hydrogens is 351 g/mol. The van der Waals surface area contributed by atoms with Crippen LogP contribution in [0.2, 0.25) is 0 Å². The van der Waals surface area contributed by atoms with Crippen LogP contribution in [0.4, 0.5) is 4.39 Å². The Morgan fingerprint density at radius 1 is 1.00 bits per heavy atom. The Labute approximate surface area is 170 Å². The lowest BCUT2D eigenvalue weighted by Crippen LogP contribution is -2.52. The van der Waals surface area contributed by atoms with E-state index in [1.54, 1.807) is 0 Å². The number of aliphatic hydroxyl groups excluding tert-OH is 1. The first-order valence-corrected chi connectivity index (χ1v) is 12.3. The number of rotatable bonds is 4. The van der Waals surface area contributed by atoms with Crippen molar-refractivity contribution >= 4 is 0 Å². The minimum absolute atomic E-state index is 0.0946. The number of hydrogen-bond acceptors (Lipinski definition) is 2. The molecule has 0 aliphatic heterocycles. The maximum absolute atomic E-state index is 13.3. The quantitative estimate of drug-likeness (QED) is 0.689. The van der Waals surface area contributed by atoms with Crippen molar-refractivity contribution in [2.24, 2.45) is 58.7 Å². The lowest BCUT2D eigenvalue weighted by molar-refractivity contribution is -0.120. The Morgan fingerprint density at radius 2 is 1.75 bits per heavy atom. The molecule has 0 saturated heterocycles. The second-order valence-corrected chi connectivity index (χ2v) is 11.9. The monoisotopic (exact) mass is 392 g/mol. The third-order valence-electron chi connectivity index (χ3n) is 11.0.